The number of thioether (sulfide) groups is 2. The molecular weight excluding hydrogens is 785 g/mol. The van der Waals surface area contributed by atoms with Crippen LogP contribution in [-0.2, 0) is 28.7 Å². The molecule has 0 saturated heterocycles. The fourth-order valence-electron chi connectivity index (χ4n) is 3.87. The van der Waals surface area contributed by atoms with Gasteiger partial charge in [0.05, 0.1) is 12.5 Å². The fourth-order valence-corrected chi connectivity index (χ4v) is 8.78. The average Bonchev–Trinajstić information content (AvgIpc) is 3.06. The van der Waals surface area contributed by atoms with Crippen LogP contribution in [0, 0.1) is 23.7 Å². The Balaban J connectivity index is -0.00000178. The molecule has 0 spiro atoms. The van der Waals surface area contributed by atoms with E-state index in [4.69, 9.17) is 9.47 Å². The number of thiol groups is 2. The fraction of sp³-hybridized carbons (Fsp3) is 0.897. The predicted molar refractivity (Wildman–Crippen MR) is 246 cm³/mol. The number of ether oxygens (including phenoxy) is 2. The lowest BCUT2D eigenvalue weighted by molar-refractivity contribution is -0.164. The second-order valence-corrected chi connectivity index (χ2v) is 21.9. The Kier molecular flexibility index (Phi) is 35.9. The van der Waals surface area contributed by atoms with Crippen LogP contribution in [0.1, 0.15) is 123 Å². The van der Waals surface area contributed by atoms with Crippen molar-refractivity contribution >= 4 is 93.9 Å². The Bertz CT molecular complexity index is 982. The highest BCUT2D eigenvalue weighted by Crippen LogP contribution is 2.34. The van der Waals surface area contributed by atoms with E-state index in [2.05, 4.69) is 63.6 Å². The molecule has 0 saturated carbocycles. The molecule has 0 aliphatic rings. The molecule has 0 fully saturated rings. The zero-order chi connectivity index (χ0) is 41.7. The number of hydrogen-bond acceptors (Lipinski definition) is 12. The molecule has 0 aromatic rings. The van der Waals surface area contributed by atoms with E-state index in [0.29, 0.717) is 31.1 Å². The van der Waals surface area contributed by atoms with Gasteiger partial charge in [-0.15, -0.1) is 0 Å². The number of rotatable bonds is 27. The van der Waals surface area contributed by atoms with E-state index in [1.54, 1.807) is 11.8 Å². The summed E-state index contributed by atoms with van der Waals surface area (Å²) in [5.74, 6) is 5.90. The summed E-state index contributed by atoms with van der Waals surface area (Å²) in [5, 5.41) is 5.67. The van der Waals surface area contributed by atoms with Gasteiger partial charge in [-0.25, -0.2) is 0 Å². The minimum Gasteiger partial charge on any atom is -0.459 e. The maximum atomic E-state index is 12.9. The Morgan fingerprint density at radius 1 is 0.698 bits per heavy atom. The molecule has 2 amide bonds. The molecule has 0 heterocycles. The molecule has 0 aliphatic carbocycles. The molecule has 0 aromatic carbocycles. The number of ketones is 1. The highest BCUT2D eigenvalue weighted by molar-refractivity contribution is 8.76. The van der Waals surface area contributed by atoms with Crippen molar-refractivity contribution in [3.8, 4) is 0 Å². The van der Waals surface area contributed by atoms with E-state index in [1.807, 2.05) is 103 Å². The van der Waals surface area contributed by atoms with Crippen molar-refractivity contribution in [2.75, 3.05) is 60.0 Å². The lowest BCUT2D eigenvalue weighted by Crippen LogP contribution is -2.41. The predicted octanol–water partition coefficient (Wildman–Crippen LogP) is 9.55. The highest BCUT2D eigenvalue weighted by atomic mass is 33.1. The van der Waals surface area contributed by atoms with Crippen molar-refractivity contribution in [3.63, 3.8) is 0 Å². The summed E-state index contributed by atoms with van der Waals surface area (Å²) < 4.78 is 11.9. The van der Waals surface area contributed by atoms with Crippen LogP contribution in [0.5, 0.6) is 0 Å². The Morgan fingerprint density at radius 3 is 1.74 bits per heavy atom. The molecule has 2 atom stereocenters. The Hall–Kier alpha value is 0.140. The minimum atomic E-state index is -0.877. The molecule has 0 aromatic heterocycles. The summed E-state index contributed by atoms with van der Waals surface area (Å²) in [6.07, 6.45) is 3.79. The monoisotopic (exact) mass is 862 g/mol. The van der Waals surface area contributed by atoms with E-state index >= 15 is 0 Å². The van der Waals surface area contributed by atoms with Gasteiger partial charge < -0.3 is 20.1 Å². The molecule has 0 radical (unpaired) electrons. The molecule has 316 valence electrons. The van der Waals surface area contributed by atoms with Crippen molar-refractivity contribution in [3.05, 3.63) is 0 Å². The minimum absolute atomic E-state index is 0.0366. The van der Waals surface area contributed by atoms with Crippen molar-refractivity contribution in [2.45, 2.75) is 139 Å². The van der Waals surface area contributed by atoms with Gasteiger partial charge in [-0.3, -0.25) is 19.2 Å². The topological polar surface area (TPSA) is 111 Å². The number of nitrogens with one attached hydrogen (secondary N) is 2. The molecule has 53 heavy (non-hydrogen) atoms. The van der Waals surface area contributed by atoms with Crippen LogP contribution in [0.4, 0.5) is 0 Å². The van der Waals surface area contributed by atoms with Crippen molar-refractivity contribution in [1.29, 1.82) is 0 Å². The van der Waals surface area contributed by atoms with Crippen LogP contribution in [0.15, 0.2) is 0 Å². The molecular formula is C39H78N2O6S6. The third kappa shape index (κ3) is 33.9. The summed E-state index contributed by atoms with van der Waals surface area (Å²) in [6.45, 7) is 29.3. The summed E-state index contributed by atoms with van der Waals surface area (Å²) in [7, 11) is 3.73. The number of hydrogen-bond donors (Lipinski definition) is 4. The number of amides is 2. The van der Waals surface area contributed by atoms with Crippen LogP contribution in [0.25, 0.3) is 0 Å². The SMILES string of the molecule is CC(C)C(=O)NCCCSSCCC(C)(C)SCC(C)C(=O)OC(C)(C)CCOC(C)(C)C(=O)C(C)CSCCS.CC(C)C(=O)NCCS.CCC. The standard InChI is InChI=1S/C30H57NO5S5.C6H13NOS.C3H8/c1-22(2)26(33)31-14-11-17-40-41-18-13-29(7,8)39-21-24(4)27(34)36-28(5,6)12-15-35-30(9,10)25(32)23(3)20-38-19-16-37;1-5(2)6(8)7-3-4-9;1-3-2/h22-24,37H,11-21H2,1-10H3,(H,31,33);5,9H,3-4H2,1-2H3,(H,7,8);3H2,1-2H3. The van der Waals surface area contributed by atoms with Crippen LogP contribution < -0.4 is 10.6 Å². The first-order valence-corrected chi connectivity index (χ1v) is 25.1. The summed E-state index contributed by atoms with van der Waals surface area (Å²) in [4.78, 5) is 48.0. The number of esters is 1. The molecule has 14 heteroatoms. The maximum Gasteiger partial charge on any atom is 0.310 e. The van der Waals surface area contributed by atoms with Gasteiger partial charge in [-0.1, -0.05) is 97.2 Å². The van der Waals surface area contributed by atoms with Gasteiger partial charge >= 0.3 is 5.97 Å². The molecule has 0 bridgehead atoms. The smallest absolute Gasteiger partial charge is 0.310 e. The van der Waals surface area contributed by atoms with Gasteiger partial charge in [0, 0.05) is 76.5 Å². The van der Waals surface area contributed by atoms with E-state index in [1.165, 1.54) is 6.42 Å². The molecule has 2 unspecified atom stereocenters. The normalized spacial score (nSPS) is 12.9. The largest absolute Gasteiger partial charge is 0.459 e. The van der Waals surface area contributed by atoms with Crippen LogP contribution in [0.3, 0.4) is 0 Å². The van der Waals surface area contributed by atoms with Gasteiger partial charge in [0.1, 0.15) is 11.2 Å². The van der Waals surface area contributed by atoms with E-state index in [9.17, 15) is 19.2 Å². The summed E-state index contributed by atoms with van der Waals surface area (Å²) in [5.41, 5.74) is -1.55. The Morgan fingerprint density at radius 2 is 1.23 bits per heavy atom. The second kappa shape index (κ2) is 33.1. The lowest BCUT2D eigenvalue weighted by Gasteiger charge is -2.31. The summed E-state index contributed by atoms with van der Waals surface area (Å²) in [6, 6.07) is 0. The number of carbonyl (C=O) groups is 4. The van der Waals surface area contributed by atoms with Gasteiger partial charge in [-0.05, 0) is 46.3 Å². The third-order valence-electron chi connectivity index (χ3n) is 7.35. The number of carbonyl (C=O) groups excluding carboxylic acids is 4. The van der Waals surface area contributed by atoms with Crippen LogP contribution in [0.2, 0.25) is 0 Å². The van der Waals surface area contributed by atoms with Crippen molar-refractivity contribution in [2.24, 2.45) is 23.7 Å². The lowest BCUT2D eigenvalue weighted by atomic mass is 9.94. The van der Waals surface area contributed by atoms with Crippen molar-refractivity contribution in [1.82, 2.24) is 10.6 Å². The quantitative estimate of drug-likeness (QED) is 0.0276. The average molecular weight is 863 g/mol. The van der Waals surface area contributed by atoms with Crippen molar-refractivity contribution < 1.29 is 28.7 Å². The second-order valence-electron chi connectivity index (χ2n) is 15.4. The zero-order valence-corrected chi connectivity index (χ0v) is 40.7. The van der Waals surface area contributed by atoms with Crippen LogP contribution >= 0.6 is 70.4 Å². The van der Waals surface area contributed by atoms with Gasteiger partial charge in [0.2, 0.25) is 11.8 Å². The summed E-state index contributed by atoms with van der Waals surface area (Å²) >= 11 is 11.7. The van der Waals surface area contributed by atoms with Crippen LogP contribution in [-0.4, -0.2) is 99.5 Å². The zero-order valence-electron chi connectivity index (χ0n) is 35.7. The Labute approximate surface area is 353 Å². The van der Waals surface area contributed by atoms with Gasteiger partial charge in [0.25, 0.3) is 0 Å². The third-order valence-corrected chi connectivity index (χ3v) is 13.5. The molecule has 0 rings (SSSR count). The van der Waals surface area contributed by atoms with E-state index in [-0.39, 0.29) is 52.0 Å². The van der Waals surface area contributed by atoms with E-state index < -0.39 is 11.2 Å². The van der Waals surface area contributed by atoms with Gasteiger partial charge in [0.15, 0.2) is 5.78 Å². The molecule has 0 aliphatic heterocycles. The maximum absolute atomic E-state index is 12.9. The molecule has 8 nitrogen and oxygen atoms in total. The van der Waals surface area contributed by atoms with Gasteiger partial charge in [-0.2, -0.15) is 48.8 Å². The number of Topliss-reactive ketones (excluding diaryl/α,β-unsaturated/α-hetero) is 1. The first-order valence-electron chi connectivity index (χ1n) is 19.2. The first-order chi connectivity index (χ1) is 24.5. The highest BCUT2D eigenvalue weighted by Gasteiger charge is 2.34. The first kappa shape index (κ1) is 57.5. The van der Waals surface area contributed by atoms with E-state index in [0.717, 1.165) is 48.2 Å². The molecule has 2 N–H and O–H groups in total.